The average Bonchev–Trinajstić information content (AvgIpc) is 2.94. The van der Waals surface area contributed by atoms with E-state index in [-0.39, 0.29) is 36.9 Å². The summed E-state index contributed by atoms with van der Waals surface area (Å²) in [7, 11) is 0. The van der Waals surface area contributed by atoms with E-state index in [1.165, 1.54) is 5.56 Å². The number of unbranched alkanes of at least 4 members (excludes halogenated alkanes) is 3. The van der Waals surface area contributed by atoms with Crippen molar-refractivity contribution in [3.05, 3.63) is 70.3 Å². The van der Waals surface area contributed by atoms with Crippen LogP contribution in [0.4, 0.5) is 0 Å². The van der Waals surface area contributed by atoms with Crippen LogP contribution in [0, 0.1) is 0 Å². The molecule has 0 aliphatic rings. The lowest BCUT2D eigenvalue weighted by Gasteiger charge is -2.32. The molecule has 0 fully saturated rings. The van der Waals surface area contributed by atoms with E-state index in [0.717, 1.165) is 37.8 Å². The molecule has 7 heteroatoms. The van der Waals surface area contributed by atoms with Crippen LogP contribution in [0.5, 0.6) is 0 Å². The third-order valence-electron chi connectivity index (χ3n) is 6.89. The van der Waals surface area contributed by atoms with Crippen LogP contribution in [0.15, 0.2) is 53.3 Å². The number of rotatable bonds is 14. The van der Waals surface area contributed by atoms with Crippen molar-refractivity contribution in [1.82, 2.24) is 14.5 Å². The molecule has 1 atom stereocenters. The van der Waals surface area contributed by atoms with Gasteiger partial charge in [-0.2, -0.15) is 0 Å². The number of nitrogens with zero attached hydrogens (tertiary/aromatic N) is 3. The molecule has 1 heterocycles. The van der Waals surface area contributed by atoms with E-state index in [1.54, 1.807) is 17.6 Å². The molecule has 1 unspecified atom stereocenters. The number of aryl methyl sites for hydroxylation is 1. The molecule has 0 radical (unpaired) electrons. The fraction of sp³-hybridized carbons (Fsp3) is 0.484. The number of benzene rings is 2. The van der Waals surface area contributed by atoms with Crippen molar-refractivity contribution in [2.24, 2.45) is 0 Å². The van der Waals surface area contributed by atoms with Crippen molar-refractivity contribution < 1.29 is 14.3 Å². The van der Waals surface area contributed by atoms with Gasteiger partial charge in [-0.3, -0.25) is 19.0 Å². The van der Waals surface area contributed by atoms with Crippen molar-refractivity contribution >= 4 is 22.8 Å². The Balaban J connectivity index is 2.11. The molecular formula is C31H41N3O4. The summed E-state index contributed by atoms with van der Waals surface area (Å²) in [5, 5.41) is 0.536. The minimum Gasteiger partial charge on any atom is -0.466 e. The Hall–Kier alpha value is -3.48. The van der Waals surface area contributed by atoms with Crippen LogP contribution >= 0.6 is 0 Å². The first-order valence-corrected chi connectivity index (χ1v) is 14.0. The van der Waals surface area contributed by atoms with Gasteiger partial charge in [0, 0.05) is 13.0 Å². The number of aromatic nitrogens is 2. The molecule has 2 aromatic carbocycles. The predicted molar refractivity (Wildman–Crippen MR) is 151 cm³/mol. The molecular weight excluding hydrogens is 478 g/mol. The lowest BCUT2D eigenvalue weighted by atomic mass is 10.1. The van der Waals surface area contributed by atoms with Crippen LogP contribution in [0.2, 0.25) is 0 Å². The molecule has 7 nitrogen and oxygen atoms in total. The topological polar surface area (TPSA) is 81.5 Å². The lowest BCUT2D eigenvalue weighted by Crippen LogP contribution is -2.39. The van der Waals surface area contributed by atoms with Crippen LogP contribution in [-0.4, -0.2) is 39.5 Å². The minimum absolute atomic E-state index is 0.0327. The molecule has 0 N–H and O–H groups in total. The van der Waals surface area contributed by atoms with Gasteiger partial charge >= 0.3 is 5.97 Å². The number of carbonyl (C=O) groups excluding carboxylic acids is 2. The highest BCUT2D eigenvalue weighted by atomic mass is 16.5. The highest BCUT2D eigenvalue weighted by Gasteiger charge is 2.29. The number of amides is 1. The molecule has 1 amide bonds. The number of esters is 1. The molecule has 38 heavy (non-hydrogen) atoms. The fourth-order valence-corrected chi connectivity index (χ4v) is 4.80. The molecule has 0 aliphatic carbocycles. The molecule has 204 valence electrons. The molecule has 3 rings (SSSR count). The van der Waals surface area contributed by atoms with Crippen LogP contribution in [0.3, 0.4) is 0 Å². The van der Waals surface area contributed by atoms with E-state index < -0.39 is 6.04 Å². The van der Waals surface area contributed by atoms with Gasteiger partial charge in [-0.05, 0) is 56.0 Å². The molecule has 0 saturated carbocycles. The second-order valence-electron chi connectivity index (χ2n) is 9.52. The fourth-order valence-electron chi connectivity index (χ4n) is 4.80. The SMILES string of the molecule is CCCCCCN(C(=O)CCC(=O)OCC)C(CC)c1nc2ccccc2c(=O)n1-c1ccc(CC)cc1. The first-order valence-electron chi connectivity index (χ1n) is 14.0. The lowest BCUT2D eigenvalue weighted by molar-refractivity contribution is -0.146. The Morgan fingerprint density at radius 1 is 0.947 bits per heavy atom. The van der Waals surface area contributed by atoms with E-state index >= 15 is 0 Å². The standard InChI is InChI=1S/C31H41N3O4/c1-5-9-10-13-22-33(28(35)20-21-29(36)38-8-4)27(7-3)30-32-26-15-12-11-14-25(26)31(37)34(30)24-18-16-23(6-2)17-19-24/h11-12,14-19,27H,5-10,13,20-22H2,1-4H3. The Bertz CT molecular complexity index is 1270. The van der Waals surface area contributed by atoms with Gasteiger partial charge < -0.3 is 9.64 Å². The van der Waals surface area contributed by atoms with Gasteiger partial charge in [0.1, 0.15) is 5.82 Å². The highest BCUT2D eigenvalue weighted by Crippen LogP contribution is 2.27. The summed E-state index contributed by atoms with van der Waals surface area (Å²) in [4.78, 5) is 46.2. The number of ether oxygens (including phenoxy) is 1. The van der Waals surface area contributed by atoms with Crippen molar-refractivity contribution in [3.63, 3.8) is 0 Å². The van der Waals surface area contributed by atoms with Gasteiger partial charge in [-0.1, -0.05) is 64.3 Å². The zero-order chi connectivity index (χ0) is 27.5. The second kappa shape index (κ2) is 14.5. The molecule has 0 saturated heterocycles. The van der Waals surface area contributed by atoms with Crippen molar-refractivity contribution in [2.75, 3.05) is 13.2 Å². The Kier molecular flexibility index (Phi) is 11.1. The van der Waals surface area contributed by atoms with Crippen LogP contribution in [0.1, 0.15) is 90.1 Å². The third-order valence-corrected chi connectivity index (χ3v) is 6.89. The largest absolute Gasteiger partial charge is 0.466 e. The van der Waals surface area contributed by atoms with E-state index in [4.69, 9.17) is 9.72 Å². The molecule has 0 spiro atoms. The van der Waals surface area contributed by atoms with Crippen molar-refractivity contribution in [1.29, 1.82) is 0 Å². The summed E-state index contributed by atoms with van der Waals surface area (Å²) in [5.41, 5.74) is 2.36. The summed E-state index contributed by atoms with van der Waals surface area (Å²) >= 11 is 0. The zero-order valence-electron chi connectivity index (χ0n) is 23.2. The van der Waals surface area contributed by atoms with Crippen LogP contribution in [-0.2, 0) is 20.7 Å². The summed E-state index contributed by atoms with van der Waals surface area (Å²) < 4.78 is 6.71. The Morgan fingerprint density at radius 2 is 1.68 bits per heavy atom. The minimum atomic E-state index is -0.422. The second-order valence-corrected chi connectivity index (χ2v) is 9.52. The van der Waals surface area contributed by atoms with E-state index in [1.807, 2.05) is 54.3 Å². The van der Waals surface area contributed by atoms with Gasteiger partial charge in [0.2, 0.25) is 5.91 Å². The quantitative estimate of drug-likeness (QED) is 0.188. The predicted octanol–water partition coefficient (Wildman–Crippen LogP) is 6.15. The summed E-state index contributed by atoms with van der Waals surface area (Å²) in [6.07, 6.45) is 5.60. The summed E-state index contributed by atoms with van der Waals surface area (Å²) in [6.45, 7) is 8.83. The monoisotopic (exact) mass is 519 g/mol. The Labute approximate surface area is 225 Å². The average molecular weight is 520 g/mol. The number of carbonyl (C=O) groups is 2. The van der Waals surface area contributed by atoms with E-state index in [2.05, 4.69) is 13.8 Å². The normalized spacial score (nSPS) is 11.9. The van der Waals surface area contributed by atoms with Gasteiger partial charge in [0.15, 0.2) is 0 Å². The first-order chi connectivity index (χ1) is 18.4. The number of hydrogen-bond donors (Lipinski definition) is 0. The maximum Gasteiger partial charge on any atom is 0.306 e. The third kappa shape index (κ3) is 7.09. The maximum atomic E-state index is 13.9. The number of hydrogen-bond acceptors (Lipinski definition) is 5. The molecule has 3 aromatic rings. The van der Waals surface area contributed by atoms with Gasteiger partial charge in [-0.15, -0.1) is 0 Å². The molecule has 1 aromatic heterocycles. The Morgan fingerprint density at radius 3 is 2.34 bits per heavy atom. The summed E-state index contributed by atoms with van der Waals surface area (Å²) in [5.74, 6) is 0.0358. The van der Waals surface area contributed by atoms with Gasteiger partial charge in [-0.25, -0.2) is 4.98 Å². The van der Waals surface area contributed by atoms with Crippen molar-refractivity contribution in [3.8, 4) is 5.69 Å². The van der Waals surface area contributed by atoms with E-state index in [0.29, 0.717) is 29.7 Å². The highest BCUT2D eigenvalue weighted by molar-refractivity contribution is 5.82. The first kappa shape index (κ1) is 29.1. The number of fused-ring (bicyclic) bond motifs is 1. The smallest absolute Gasteiger partial charge is 0.306 e. The maximum absolute atomic E-state index is 13.9. The van der Waals surface area contributed by atoms with Crippen molar-refractivity contribution in [2.45, 2.75) is 85.1 Å². The van der Waals surface area contributed by atoms with Crippen LogP contribution in [0.25, 0.3) is 16.6 Å². The number of para-hydroxylation sites is 1. The van der Waals surface area contributed by atoms with Gasteiger partial charge in [0.25, 0.3) is 5.56 Å². The van der Waals surface area contributed by atoms with Crippen LogP contribution < -0.4 is 5.56 Å². The molecule has 0 aliphatic heterocycles. The molecule has 0 bridgehead atoms. The van der Waals surface area contributed by atoms with E-state index in [9.17, 15) is 14.4 Å². The zero-order valence-corrected chi connectivity index (χ0v) is 23.2. The van der Waals surface area contributed by atoms with Gasteiger partial charge in [0.05, 0.1) is 35.7 Å². The summed E-state index contributed by atoms with van der Waals surface area (Å²) in [6, 6.07) is 14.9.